The van der Waals surface area contributed by atoms with E-state index in [4.69, 9.17) is 4.52 Å². The van der Waals surface area contributed by atoms with Crippen LogP contribution in [-0.4, -0.2) is 11.7 Å². The summed E-state index contributed by atoms with van der Waals surface area (Å²) in [4.78, 5) is 0. The van der Waals surface area contributed by atoms with Crippen molar-refractivity contribution in [1.82, 2.24) is 5.16 Å². The first kappa shape index (κ1) is 11.5. The lowest BCUT2D eigenvalue weighted by atomic mass is 9.83. The van der Waals surface area contributed by atoms with Crippen LogP contribution in [0.25, 0.3) is 0 Å². The van der Waals surface area contributed by atoms with Crippen molar-refractivity contribution < 1.29 is 4.52 Å². The van der Waals surface area contributed by atoms with Crippen LogP contribution in [0.5, 0.6) is 0 Å². The molecule has 1 aliphatic rings. The highest BCUT2D eigenvalue weighted by Crippen LogP contribution is 2.29. The predicted octanol–water partition coefficient (Wildman–Crippen LogP) is 3.53. The standard InChI is InChI=1S/C13H22N2O/c1-9-4-6-12(7-5-9)8-14-13-10(2)15-16-11(13)3/h9,12,14H,4-8H2,1-3H3/t9-,12-. The molecule has 1 aromatic heterocycles. The van der Waals surface area contributed by atoms with Crippen LogP contribution in [-0.2, 0) is 0 Å². The maximum atomic E-state index is 5.14. The Hall–Kier alpha value is -0.990. The molecule has 0 aromatic carbocycles. The fourth-order valence-corrected chi connectivity index (χ4v) is 2.52. The molecule has 1 saturated carbocycles. The lowest BCUT2D eigenvalue weighted by molar-refractivity contribution is 0.300. The van der Waals surface area contributed by atoms with Crippen molar-refractivity contribution in [2.45, 2.75) is 46.5 Å². The second-order valence-corrected chi connectivity index (χ2v) is 5.21. The monoisotopic (exact) mass is 222 g/mol. The third-order valence-electron chi connectivity index (χ3n) is 3.74. The smallest absolute Gasteiger partial charge is 0.156 e. The molecule has 90 valence electrons. The fourth-order valence-electron chi connectivity index (χ4n) is 2.52. The van der Waals surface area contributed by atoms with Crippen molar-refractivity contribution in [3.8, 4) is 0 Å². The van der Waals surface area contributed by atoms with Crippen molar-refractivity contribution in [2.75, 3.05) is 11.9 Å². The van der Waals surface area contributed by atoms with Gasteiger partial charge in [0.05, 0.1) is 0 Å². The lowest BCUT2D eigenvalue weighted by Gasteiger charge is -2.26. The first-order valence-electron chi connectivity index (χ1n) is 6.33. The maximum absolute atomic E-state index is 5.14. The summed E-state index contributed by atoms with van der Waals surface area (Å²) in [5, 5.41) is 7.44. The van der Waals surface area contributed by atoms with E-state index in [1.807, 2.05) is 13.8 Å². The Kier molecular flexibility index (Phi) is 3.52. The zero-order valence-corrected chi connectivity index (χ0v) is 10.5. The van der Waals surface area contributed by atoms with Gasteiger partial charge in [-0.1, -0.05) is 24.9 Å². The molecule has 1 N–H and O–H groups in total. The summed E-state index contributed by atoms with van der Waals surface area (Å²) >= 11 is 0. The summed E-state index contributed by atoms with van der Waals surface area (Å²) in [5.41, 5.74) is 2.07. The van der Waals surface area contributed by atoms with Crippen LogP contribution in [0.15, 0.2) is 4.52 Å². The van der Waals surface area contributed by atoms with Gasteiger partial charge in [-0.05, 0) is 38.5 Å². The van der Waals surface area contributed by atoms with Crippen LogP contribution in [0.3, 0.4) is 0 Å². The normalized spacial score (nSPS) is 25.7. The summed E-state index contributed by atoms with van der Waals surface area (Å²) < 4.78 is 5.14. The highest BCUT2D eigenvalue weighted by molar-refractivity contribution is 5.49. The Morgan fingerprint density at radius 1 is 1.25 bits per heavy atom. The largest absolute Gasteiger partial charge is 0.380 e. The van der Waals surface area contributed by atoms with Crippen LogP contribution < -0.4 is 5.32 Å². The molecule has 0 aliphatic heterocycles. The molecule has 1 heterocycles. The van der Waals surface area contributed by atoms with Crippen LogP contribution in [0.4, 0.5) is 5.69 Å². The molecule has 0 spiro atoms. The summed E-state index contributed by atoms with van der Waals surface area (Å²) in [6, 6.07) is 0. The van der Waals surface area contributed by atoms with Gasteiger partial charge in [0.25, 0.3) is 0 Å². The topological polar surface area (TPSA) is 38.1 Å². The zero-order valence-electron chi connectivity index (χ0n) is 10.5. The van der Waals surface area contributed by atoms with Crippen molar-refractivity contribution in [3.05, 3.63) is 11.5 Å². The van der Waals surface area contributed by atoms with E-state index in [0.29, 0.717) is 0 Å². The van der Waals surface area contributed by atoms with Crippen molar-refractivity contribution in [1.29, 1.82) is 0 Å². The average Bonchev–Trinajstić information content (AvgIpc) is 2.59. The first-order chi connectivity index (χ1) is 7.66. The maximum Gasteiger partial charge on any atom is 0.156 e. The van der Waals surface area contributed by atoms with E-state index in [1.165, 1.54) is 25.7 Å². The minimum absolute atomic E-state index is 0.824. The van der Waals surface area contributed by atoms with Gasteiger partial charge in [-0.3, -0.25) is 0 Å². The van der Waals surface area contributed by atoms with Crippen molar-refractivity contribution in [2.24, 2.45) is 11.8 Å². The molecule has 0 amide bonds. The third-order valence-corrected chi connectivity index (χ3v) is 3.74. The van der Waals surface area contributed by atoms with E-state index in [9.17, 15) is 0 Å². The van der Waals surface area contributed by atoms with Gasteiger partial charge in [-0.2, -0.15) is 0 Å². The van der Waals surface area contributed by atoms with Crippen molar-refractivity contribution >= 4 is 5.69 Å². The second-order valence-electron chi connectivity index (χ2n) is 5.21. The Morgan fingerprint density at radius 3 is 2.50 bits per heavy atom. The van der Waals surface area contributed by atoms with E-state index < -0.39 is 0 Å². The number of rotatable bonds is 3. The second kappa shape index (κ2) is 4.89. The fraction of sp³-hybridized carbons (Fsp3) is 0.769. The zero-order chi connectivity index (χ0) is 11.5. The molecule has 0 bridgehead atoms. The highest BCUT2D eigenvalue weighted by atomic mass is 16.5. The molecular weight excluding hydrogens is 200 g/mol. The summed E-state index contributed by atoms with van der Waals surface area (Å²) in [6.45, 7) is 7.38. The average molecular weight is 222 g/mol. The van der Waals surface area contributed by atoms with Gasteiger partial charge in [0.1, 0.15) is 11.4 Å². The molecule has 1 aromatic rings. The number of nitrogens with one attached hydrogen (secondary N) is 1. The van der Waals surface area contributed by atoms with Gasteiger partial charge in [0.2, 0.25) is 0 Å². The Labute approximate surface area is 97.6 Å². The number of nitrogens with zero attached hydrogens (tertiary/aromatic N) is 1. The quantitative estimate of drug-likeness (QED) is 0.850. The van der Waals surface area contributed by atoms with Crippen LogP contribution in [0.2, 0.25) is 0 Å². The number of aryl methyl sites for hydroxylation is 2. The van der Waals surface area contributed by atoms with E-state index in [0.717, 1.165) is 35.5 Å². The van der Waals surface area contributed by atoms with E-state index in [1.54, 1.807) is 0 Å². The van der Waals surface area contributed by atoms with Crippen LogP contribution in [0.1, 0.15) is 44.1 Å². The molecular formula is C13H22N2O. The number of hydrogen-bond acceptors (Lipinski definition) is 3. The third kappa shape index (κ3) is 2.57. The van der Waals surface area contributed by atoms with E-state index in [-0.39, 0.29) is 0 Å². The van der Waals surface area contributed by atoms with Crippen LogP contribution >= 0.6 is 0 Å². The van der Waals surface area contributed by atoms with Gasteiger partial charge < -0.3 is 9.84 Å². The van der Waals surface area contributed by atoms with E-state index in [2.05, 4.69) is 17.4 Å². The molecule has 1 fully saturated rings. The number of anilines is 1. The highest BCUT2D eigenvalue weighted by Gasteiger charge is 2.18. The Morgan fingerprint density at radius 2 is 1.94 bits per heavy atom. The van der Waals surface area contributed by atoms with Gasteiger partial charge in [0.15, 0.2) is 5.76 Å². The van der Waals surface area contributed by atoms with E-state index >= 15 is 0 Å². The van der Waals surface area contributed by atoms with Gasteiger partial charge in [-0.25, -0.2) is 0 Å². The molecule has 3 heteroatoms. The summed E-state index contributed by atoms with van der Waals surface area (Å²) in [7, 11) is 0. The first-order valence-corrected chi connectivity index (χ1v) is 6.33. The molecule has 0 saturated heterocycles. The molecule has 0 atom stereocenters. The summed E-state index contributed by atoms with van der Waals surface area (Å²) in [5.74, 6) is 2.65. The van der Waals surface area contributed by atoms with Crippen LogP contribution in [0, 0.1) is 25.7 Å². The van der Waals surface area contributed by atoms with Crippen molar-refractivity contribution in [3.63, 3.8) is 0 Å². The number of hydrogen-bond donors (Lipinski definition) is 1. The molecule has 0 radical (unpaired) electrons. The van der Waals surface area contributed by atoms with Gasteiger partial charge in [0, 0.05) is 6.54 Å². The Balaban J connectivity index is 1.83. The summed E-state index contributed by atoms with van der Waals surface area (Å²) in [6.07, 6.45) is 5.48. The molecule has 1 aliphatic carbocycles. The Bertz CT molecular complexity index is 318. The molecule has 2 rings (SSSR count). The SMILES string of the molecule is Cc1noc(C)c1NC[C@H]1CC[C@H](C)CC1. The van der Waals surface area contributed by atoms with Gasteiger partial charge >= 0.3 is 0 Å². The number of aromatic nitrogens is 1. The molecule has 16 heavy (non-hydrogen) atoms. The lowest BCUT2D eigenvalue weighted by Crippen LogP contribution is -2.20. The minimum atomic E-state index is 0.824. The minimum Gasteiger partial charge on any atom is -0.380 e. The molecule has 0 unspecified atom stereocenters. The van der Waals surface area contributed by atoms with Gasteiger partial charge in [-0.15, -0.1) is 0 Å². The molecule has 3 nitrogen and oxygen atoms in total. The predicted molar refractivity (Wildman–Crippen MR) is 65.6 cm³/mol.